The maximum Gasteiger partial charge on any atom is 0.292 e. The molecule has 0 aliphatic heterocycles. The molecule has 0 atom stereocenters. The Morgan fingerprint density at radius 3 is 2.71 bits per heavy atom. The molecule has 0 saturated heterocycles. The molecule has 0 radical (unpaired) electrons. The van der Waals surface area contributed by atoms with Crippen LogP contribution in [0.2, 0.25) is 0 Å². The van der Waals surface area contributed by atoms with Crippen molar-refractivity contribution in [2.45, 2.75) is 20.4 Å². The smallest absolute Gasteiger partial charge is 0.292 e. The molecule has 21 heavy (non-hydrogen) atoms. The second-order valence-electron chi connectivity index (χ2n) is 5.52. The van der Waals surface area contributed by atoms with E-state index < -0.39 is 4.92 Å². The number of hydrogen-bond donors (Lipinski definition) is 2. The lowest BCUT2D eigenvalue weighted by Gasteiger charge is -2.17. The molecule has 0 aromatic heterocycles. The Balaban J connectivity index is 2.58. The van der Waals surface area contributed by atoms with Crippen molar-refractivity contribution in [2.24, 2.45) is 5.92 Å². The molecular weight excluding hydrogens is 272 g/mol. The Morgan fingerprint density at radius 2 is 2.14 bits per heavy atom. The predicted octanol–water partition coefficient (Wildman–Crippen LogP) is 1.38. The molecule has 0 bridgehead atoms. The fourth-order valence-corrected chi connectivity index (χ4v) is 1.83. The molecule has 0 aliphatic carbocycles. The summed E-state index contributed by atoms with van der Waals surface area (Å²) in [6.45, 7) is 5.37. The molecule has 0 fully saturated rings. The molecule has 1 aromatic carbocycles. The van der Waals surface area contributed by atoms with E-state index in [0.717, 1.165) is 5.56 Å². The summed E-state index contributed by atoms with van der Waals surface area (Å²) < 4.78 is 0. The third-order valence-corrected chi connectivity index (χ3v) is 2.87. The van der Waals surface area contributed by atoms with Crippen molar-refractivity contribution in [3.63, 3.8) is 0 Å². The zero-order valence-electron chi connectivity index (χ0n) is 12.6. The van der Waals surface area contributed by atoms with Crippen LogP contribution in [0.1, 0.15) is 19.4 Å². The molecule has 0 saturated carbocycles. The molecule has 0 heterocycles. The molecule has 116 valence electrons. The van der Waals surface area contributed by atoms with Gasteiger partial charge in [0, 0.05) is 19.2 Å². The molecular formula is C14H22N4O3. The van der Waals surface area contributed by atoms with E-state index in [2.05, 4.69) is 5.32 Å². The number of nitro groups is 1. The van der Waals surface area contributed by atoms with Crippen molar-refractivity contribution in [2.75, 3.05) is 25.9 Å². The summed E-state index contributed by atoms with van der Waals surface area (Å²) in [5.41, 5.74) is 6.33. The van der Waals surface area contributed by atoms with Crippen LogP contribution >= 0.6 is 0 Å². The van der Waals surface area contributed by atoms with Gasteiger partial charge in [-0.2, -0.15) is 0 Å². The molecule has 0 spiro atoms. The van der Waals surface area contributed by atoms with Crippen LogP contribution in [0.25, 0.3) is 0 Å². The van der Waals surface area contributed by atoms with Gasteiger partial charge in [-0.3, -0.25) is 19.8 Å². The van der Waals surface area contributed by atoms with Gasteiger partial charge in [-0.05, 0) is 24.6 Å². The third kappa shape index (κ3) is 5.78. The average Bonchev–Trinajstić information content (AvgIpc) is 2.38. The number of hydrogen-bond acceptors (Lipinski definition) is 5. The summed E-state index contributed by atoms with van der Waals surface area (Å²) in [5.74, 6) is 0.343. The van der Waals surface area contributed by atoms with Crippen molar-refractivity contribution >= 4 is 17.3 Å². The normalized spacial score (nSPS) is 10.9. The van der Waals surface area contributed by atoms with Crippen LogP contribution in [-0.4, -0.2) is 35.9 Å². The van der Waals surface area contributed by atoms with Crippen molar-refractivity contribution in [1.29, 1.82) is 0 Å². The van der Waals surface area contributed by atoms with Crippen molar-refractivity contribution in [1.82, 2.24) is 10.2 Å². The first-order valence-electron chi connectivity index (χ1n) is 6.77. The van der Waals surface area contributed by atoms with Crippen LogP contribution in [0.4, 0.5) is 11.4 Å². The van der Waals surface area contributed by atoms with E-state index >= 15 is 0 Å². The number of nitrogens with zero attached hydrogens (tertiary/aromatic N) is 2. The van der Waals surface area contributed by atoms with Crippen LogP contribution in [-0.2, 0) is 11.3 Å². The fraction of sp³-hybridized carbons (Fsp3) is 0.500. The SMILES string of the molecule is CC(C)CNC(=O)CN(C)Cc1ccc(N)c([N+](=O)[O-])c1. The number of carbonyl (C=O) groups is 1. The molecule has 0 unspecified atom stereocenters. The van der Waals surface area contributed by atoms with Crippen molar-refractivity contribution in [3.05, 3.63) is 33.9 Å². The van der Waals surface area contributed by atoms with E-state index in [4.69, 9.17) is 5.73 Å². The number of nitrogen functional groups attached to an aromatic ring is 1. The Labute approximate surface area is 124 Å². The summed E-state index contributed by atoms with van der Waals surface area (Å²) >= 11 is 0. The first-order valence-corrected chi connectivity index (χ1v) is 6.77. The highest BCUT2D eigenvalue weighted by Crippen LogP contribution is 2.22. The van der Waals surface area contributed by atoms with E-state index in [1.807, 2.05) is 13.8 Å². The Kier molecular flexibility index (Phi) is 6.10. The highest BCUT2D eigenvalue weighted by molar-refractivity contribution is 5.77. The number of anilines is 1. The monoisotopic (exact) mass is 294 g/mol. The Bertz CT molecular complexity index is 517. The predicted molar refractivity (Wildman–Crippen MR) is 81.7 cm³/mol. The zero-order valence-corrected chi connectivity index (χ0v) is 12.6. The largest absolute Gasteiger partial charge is 0.393 e. The number of benzene rings is 1. The average molecular weight is 294 g/mol. The van der Waals surface area contributed by atoms with E-state index in [0.29, 0.717) is 19.0 Å². The molecule has 7 nitrogen and oxygen atoms in total. The Hall–Kier alpha value is -2.15. The van der Waals surface area contributed by atoms with Gasteiger partial charge in [-0.25, -0.2) is 0 Å². The quantitative estimate of drug-likeness (QED) is 0.449. The van der Waals surface area contributed by atoms with E-state index in [1.54, 1.807) is 18.0 Å². The molecule has 3 N–H and O–H groups in total. The number of nitrogens with one attached hydrogen (secondary N) is 1. The number of nitrogens with two attached hydrogens (primary N) is 1. The molecule has 1 rings (SSSR count). The van der Waals surface area contributed by atoms with Crippen LogP contribution in [0.15, 0.2) is 18.2 Å². The molecule has 1 aromatic rings. The maximum atomic E-state index is 11.7. The van der Waals surface area contributed by atoms with Gasteiger partial charge in [0.15, 0.2) is 0 Å². The van der Waals surface area contributed by atoms with Gasteiger partial charge in [0.1, 0.15) is 5.69 Å². The van der Waals surface area contributed by atoms with E-state index in [1.165, 1.54) is 12.1 Å². The van der Waals surface area contributed by atoms with Crippen LogP contribution in [0.3, 0.4) is 0 Å². The molecule has 1 amide bonds. The third-order valence-electron chi connectivity index (χ3n) is 2.87. The minimum Gasteiger partial charge on any atom is -0.393 e. The second kappa shape index (κ2) is 7.58. The number of nitro benzene ring substituents is 1. The number of likely N-dealkylation sites (N-methyl/N-ethyl adjacent to an activating group) is 1. The summed E-state index contributed by atoms with van der Waals surface area (Å²) in [7, 11) is 1.79. The lowest BCUT2D eigenvalue weighted by atomic mass is 10.1. The van der Waals surface area contributed by atoms with E-state index in [-0.39, 0.29) is 23.8 Å². The summed E-state index contributed by atoms with van der Waals surface area (Å²) in [5, 5.41) is 13.7. The highest BCUT2D eigenvalue weighted by atomic mass is 16.6. The summed E-state index contributed by atoms with van der Waals surface area (Å²) in [6.07, 6.45) is 0. The van der Waals surface area contributed by atoms with Gasteiger partial charge in [0.05, 0.1) is 11.5 Å². The topological polar surface area (TPSA) is 102 Å². The molecule has 7 heteroatoms. The van der Waals surface area contributed by atoms with Gasteiger partial charge in [-0.15, -0.1) is 0 Å². The summed E-state index contributed by atoms with van der Waals surface area (Å²) in [6, 6.07) is 4.68. The second-order valence-corrected chi connectivity index (χ2v) is 5.52. The number of rotatable bonds is 7. The van der Waals surface area contributed by atoms with Crippen molar-refractivity contribution in [3.8, 4) is 0 Å². The first kappa shape index (κ1) is 16.9. The van der Waals surface area contributed by atoms with Gasteiger partial charge in [-0.1, -0.05) is 19.9 Å². The maximum absolute atomic E-state index is 11.7. The molecule has 0 aliphatic rings. The van der Waals surface area contributed by atoms with E-state index in [9.17, 15) is 14.9 Å². The van der Waals surface area contributed by atoms with Gasteiger partial charge in [0.25, 0.3) is 5.69 Å². The van der Waals surface area contributed by atoms with Crippen LogP contribution in [0.5, 0.6) is 0 Å². The van der Waals surface area contributed by atoms with Gasteiger partial charge < -0.3 is 11.1 Å². The number of amides is 1. The zero-order chi connectivity index (χ0) is 16.0. The van der Waals surface area contributed by atoms with Gasteiger partial charge in [0.2, 0.25) is 5.91 Å². The lowest BCUT2D eigenvalue weighted by molar-refractivity contribution is -0.384. The van der Waals surface area contributed by atoms with Gasteiger partial charge >= 0.3 is 0 Å². The first-order chi connectivity index (χ1) is 9.79. The fourth-order valence-electron chi connectivity index (χ4n) is 1.83. The highest BCUT2D eigenvalue weighted by Gasteiger charge is 2.13. The van der Waals surface area contributed by atoms with Crippen molar-refractivity contribution < 1.29 is 9.72 Å². The summed E-state index contributed by atoms with van der Waals surface area (Å²) in [4.78, 5) is 23.8. The Morgan fingerprint density at radius 1 is 1.48 bits per heavy atom. The minimum atomic E-state index is -0.506. The number of carbonyl (C=O) groups excluding carboxylic acids is 1. The van der Waals surface area contributed by atoms with Crippen LogP contribution in [0, 0.1) is 16.0 Å². The van der Waals surface area contributed by atoms with Crippen LogP contribution < -0.4 is 11.1 Å². The lowest BCUT2D eigenvalue weighted by Crippen LogP contribution is -2.36. The standard InChI is InChI=1S/C14H22N4O3/c1-10(2)7-16-14(19)9-17(3)8-11-4-5-12(15)13(6-11)18(20)21/h4-6,10H,7-9,15H2,1-3H3,(H,16,19). The minimum absolute atomic E-state index is 0.0591.